The summed E-state index contributed by atoms with van der Waals surface area (Å²) in [6.07, 6.45) is 2.06. The first-order chi connectivity index (χ1) is 8.25. The summed E-state index contributed by atoms with van der Waals surface area (Å²) in [5, 5.41) is 0. The van der Waals surface area contributed by atoms with Crippen LogP contribution in [0.2, 0.25) is 0 Å². The van der Waals surface area contributed by atoms with Gasteiger partial charge in [-0.1, -0.05) is 36.4 Å². The molecule has 0 radical (unpaired) electrons. The van der Waals surface area contributed by atoms with Crippen molar-refractivity contribution in [3.05, 3.63) is 58.8 Å². The van der Waals surface area contributed by atoms with Gasteiger partial charge < -0.3 is 0 Å². The lowest BCUT2D eigenvalue weighted by atomic mass is 10.2. The molecule has 2 heterocycles. The molecule has 0 spiro atoms. The number of hydrogen-bond acceptors (Lipinski definition) is 1. The van der Waals surface area contributed by atoms with Crippen LogP contribution in [0.1, 0.15) is 5.56 Å². The molecule has 3 heteroatoms. The summed E-state index contributed by atoms with van der Waals surface area (Å²) < 4.78 is 3.09. The third kappa shape index (κ3) is 1.76. The van der Waals surface area contributed by atoms with Crippen molar-refractivity contribution in [3.63, 3.8) is 0 Å². The number of aryl methyl sites for hydroxylation is 1. The number of hydrogen-bond donors (Lipinski definition) is 0. The molecule has 0 fully saturated rings. The number of aromatic nitrogens is 2. The molecule has 0 atom stereocenters. The predicted molar refractivity (Wildman–Crippen MR) is 73.1 cm³/mol. The molecular formula is C14H11BrN2. The number of rotatable bonds is 1. The molecule has 2 aromatic heterocycles. The number of nitrogens with zero attached hydrogens (tertiary/aromatic N) is 2. The monoisotopic (exact) mass is 286 g/mol. The highest BCUT2D eigenvalue weighted by Crippen LogP contribution is 2.23. The normalized spacial score (nSPS) is 10.9. The third-order valence-corrected chi connectivity index (χ3v) is 3.48. The average Bonchev–Trinajstić information content (AvgIpc) is 2.81. The molecular weight excluding hydrogens is 276 g/mol. The fourth-order valence-corrected chi connectivity index (χ4v) is 2.32. The first-order valence-electron chi connectivity index (χ1n) is 5.45. The molecule has 2 nitrogen and oxygen atoms in total. The molecule has 84 valence electrons. The van der Waals surface area contributed by atoms with E-state index in [9.17, 15) is 0 Å². The Labute approximate surface area is 108 Å². The Kier molecular flexibility index (Phi) is 2.48. The lowest BCUT2D eigenvalue weighted by molar-refractivity contribution is 1.12. The lowest BCUT2D eigenvalue weighted by Gasteiger charge is -1.98. The van der Waals surface area contributed by atoms with Gasteiger partial charge in [-0.25, -0.2) is 4.98 Å². The van der Waals surface area contributed by atoms with Gasteiger partial charge in [0, 0.05) is 11.8 Å². The second-order valence-corrected chi connectivity index (χ2v) is 4.84. The highest BCUT2D eigenvalue weighted by atomic mass is 79.9. The number of pyridine rings is 1. The van der Waals surface area contributed by atoms with Gasteiger partial charge in [0.1, 0.15) is 5.65 Å². The quantitative estimate of drug-likeness (QED) is 0.617. The smallest absolute Gasteiger partial charge is 0.141 e. The van der Waals surface area contributed by atoms with Crippen molar-refractivity contribution in [1.29, 1.82) is 0 Å². The maximum atomic E-state index is 4.68. The molecule has 0 N–H and O–H groups in total. The Balaban J connectivity index is 2.27. The van der Waals surface area contributed by atoms with E-state index in [0.717, 1.165) is 21.5 Å². The summed E-state index contributed by atoms with van der Waals surface area (Å²) in [6, 6.07) is 14.3. The van der Waals surface area contributed by atoms with Gasteiger partial charge in [-0.2, -0.15) is 0 Å². The Bertz CT molecular complexity index is 632. The SMILES string of the molecule is Cc1ccc(Br)n2cc(-c3ccccc3)nc12. The van der Waals surface area contributed by atoms with E-state index in [2.05, 4.69) is 56.6 Å². The van der Waals surface area contributed by atoms with Crippen molar-refractivity contribution >= 4 is 21.6 Å². The predicted octanol–water partition coefficient (Wildman–Crippen LogP) is 4.07. The number of benzene rings is 1. The molecule has 0 aliphatic heterocycles. The largest absolute Gasteiger partial charge is 0.293 e. The van der Waals surface area contributed by atoms with Gasteiger partial charge in [0.25, 0.3) is 0 Å². The Morgan fingerprint density at radius 1 is 1.06 bits per heavy atom. The second kappa shape index (κ2) is 4.00. The van der Waals surface area contributed by atoms with Gasteiger partial charge in [0.15, 0.2) is 0 Å². The van der Waals surface area contributed by atoms with Crippen LogP contribution in [0.25, 0.3) is 16.9 Å². The first-order valence-corrected chi connectivity index (χ1v) is 6.24. The van der Waals surface area contributed by atoms with Crippen molar-refractivity contribution < 1.29 is 0 Å². The fraction of sp³-hybridized carbons (Fsp3) is 0.0714. The van der Waals surface area contributed by atoms with Crippen LogP contribution in [0.15, 0.2) is 53.3 Å². The summed E-state index contributed by atoms with van der Waals surface area (Å²) in [7, 11) is 0. The third-order valence-electron chi connectivity index (χ3n) is 2.83. The summed E-state index contributed by atoms with van der Waals surface area (Å²) in [5.41, 5.74) is 4.32. The molecule has 0 aliphatic rings. The van der Waals surface area contributed by atoms with E-state index in [1.54, 1.807) is 0 Å². The van der Waals surface area contributed by atoms with Crippen LogP contribution < -0.4 is 0 Å². The van der Waals surface area contributed by atoms with Gasteiger partial charge >= 0.3 is 0 Å². The van der Waals surface area contributed by atoms with Gasteiger partial charge in [0.05, 0.1) is 10.3 Å². The van der Waals surface area contributed by atoms with Crippen LogP contribution in [0.3, 0.4) is 0 Å². The van der Waals surface area contributed by atoms with Gasteiger partial charge in [0.2, 0.25) is 0 Å². The van der Waals surface area contributed by atoms with Crippen LogP contribution >= 0.6 is 15.9 Å². The maximum Gasteiger partial charge on any atom is 0.141 e. The highest BCUT2D eigenvalue weighted by Gasteiger charge is 2.07. The van der Waals surface area contributed by atoms with Gasteiger partial charge in [-0.05, 0) is 34.5 Å². The van der Waals surface area contributed by atoms with E-state index in [0.29, 0.717) is 0 Å². The van der Waals surface area contributed by atoms with Crippen molar-refractivity contribution in [3.8, 4) is 11.3 Å². The van der Waals surface area contributed by atoms with Crippen molar-refractivity contribution in [2.24, 2.45) is 0 Å². The lowest BCUT2D eigenvalue weighted by Crippen LogP contribution is -1.87. The summed E-state index contributed by atoms with van der Waals surface area (Å²) in [4.78, 5) is 4.68. The minimum absolute atomic E-state index is 0.998. The van der Waals surface area contributed by atoms with Crippen LogP contribution in [-0.2, 0) is 0 Å². The standard InChI is InChI=1S/C14H11BrN2/c1-10-7-8-13(15)17-9-12(16-14(10)17)11-5-3-2-4-6-11/h2-9H,1H3. The van der Waals surface area contributed by atoms with Crippen LogP contribution in [-0.4, -0.2) is 9.38 Å². The van der Waals surface area contributed by atoms with E-state index >= 15 is 0 Å². The molecule has 0 bridgehead atoms. The van der Waals surface area contributed by atoms with E-state index in [1.165, 1.54) is 5.56 Å². The van der Waals surface area contributed by atoms with E-state index in [4.69, 9.17) is 0 Å². The zero-order valence-electron chi connectivity index (χ0n) is 9.39. The molecule has 0 unspecified atom stereocenters. The Hall–Kier alpha value is -1.61. The number of halogens is 1. The molecule has 0 aliphatic carbocycles. The summed E-state index contributed by atoms with van der Waals surface area (Å²) in [5.74, 6) is 0. The van der Waals surface area contributed by atoms with Crippen molar-refractivity contribution in [2.75, 3.05) is 0 Å². The van der Waals surface area contributed by atoms with Gasteiger partial charge in [-0.15, -0.1) is 0 Å². The minimum atomic E-state index is 0.998. The average molecular weight is 287 g/mol. The summed E-state index contributed by atoms with van der Waals surface area (Å²) >= 11 is 3.54. The molecule has 1 aromatic carbocycles. The van der Waals surface area contributed by atoms with Crippen molar-refractivity contribution in [2.45, 2.75) is 6.92 Å². The molecule has 0 amide bonds. The number of fused-ring (bicyclic) bond motifs is 1. The highest BCUT2D eigenvalue weighted by molar-refractivity contribution is 9.10. The fourth-order valence-electron chi connectivity index (χ4n) is 1.92. The molecule has 17 heavy (non-hydrogen) atoms. The molecule has 0 saturated heterocycles. The zero-order chi connectivity index (χ0) is 11.8. The van der Waals surface area contributed by atoms with Gasteiger partial charge in [-0.3, -0.25) is 4.40 Å². The molecule has 3 aromatic rings. The van der Waals surface area contributed by atoms with Crippen LogP contribution in [0, 0.1) is 6.92 Å². The van der Waals surface area contributed by atoms with Crippen LogP contribution in [0.4, 0.5) is 0 Å². The van der Waals surface area contributed by atoms with E-state index < -0.39 is 0 Å². The van der Waals surface area contributed by atoms with E-state index in [1.807, 2.05) is 24.3 Å². The zero-order valence-corrected chi connectivity index (χ0v) is 11.0. The van der Waals surface area contributed by atoms with Crippen molar-refractivity contribution in [1.82, 2.24) is 9.38 Å². The number of imidazole rings is 1. The maximum absolute atomic E-state index is 4.68. The van der Waals surface area contributed by atoms with Crippen LogP contribution in [0.5, 0.6) is 0 Å². The molecule has 3 rings (SSSR count). The first kappa shape index (κ1) is 10.5. The topological polar surface area (TPSA) is 17.3 Å². The Morgan fingerprint density at radius 3 is 2.53 bits per heavy atom. The Morgan fingerprint density at radius 2 is 1.82 bits per heavy atom. The summed E-state index contributed by atoms with van der Waals surface area (Å²) in [6.45, 7) is 2.07. The molecule has 0 saturated carbocycles. The second-order valence-electron chi connectivity index (χ2n) is 4.02. The van der Waals surface area contributed by atoms with E-state index in [-0.39, 0.29) is 0 Å². The minimum Gasteiger partial charge on any atom is -0.293 e.